The average Bonchev–Trinajstić information content (AvgIpc) is 2.95. The molecule has 0 radical (unpaired) electrons. The van der Waals surface area contributed by atoms with Gasteiger partial charge in [0.2, 0.25) is 0 Å². The fourth-order valence-electron chi connectivity index (χ4n) is 2.35. The zero-order valence-corrected chi connectivity index (χ0v) is 14.4. The van der Waals surface area contributed by atoms with Crippen LogP contribution in [0.4, 0.5) is 9.18 Å². The lowest BCUT2D eigenvalue weighted by Gasteiger charge is -2.06. The average molecular weight is 391 g/mol. The smallest absolute Gasteiger partial charge is 0.315 e. The Kier molecular flexibility index (Phi) is 5.10. The van der Waals surface area contributed by atoms with Crippen LogP contribution in [0.5, 0.6) is 0 Å². The Hall–Kier alpha value is -2.41. The molecule has 0 aliphatic rings. The molecule has 0 unspecified atom stereocenters. The molecule has 2 N–H and O–H groups in total. The Bertz CT molecular complexity index is 865. The molecule has 1 aromatic carbocycles. The number of carbonyl (C=O) groups is 1. The van der Waals surface area contributed by atoms with E-state index in [0.29, 0.717) is 19.5 Å². The molecule has 0 saturated heterocycles. The normalized spacial score (nSPS) is 10.8. The van der Waals surface area contributed by atoms with Crippen molar-refractivity contribution in [2.75, 3.05) is 6.54 Å². The number of halogens is 2. The van der Waals surface area contributed by atoms with Crippen LogP contribution in [0.25, 0.3) is 5.65 Å². The Labute approximate surface area is 147 Å². The number of nitrogens with zero attached hydrogens (tertiary/aromatic N) is 2. The number of benzene rings is 1. The molecule has 0 aliphatic carbocycles. The Morgan fingerprint density at radius 3 is 2.92 bits per heavy atom. The van der Waals surface area contributed by atoms with Crippen LogP contribution in [0.3, 0.4) is 0 Å². The van der Waals surface area contributed by atoms with Crippen LogP contribution < -0.4 is 10.6 Å². The SMILES string of the molecule is O=C(NCCc1cccc(F)c1)NCc1cn2cc(Br)ccc2n1. The first-order chi connectivity index (χ1) is 11.6. The molecule has 3 rings (SSSR count). The molecular weight excluding hydrogens is 375 g/mol. The Morgan fingerprint density at radius 2 is 2.08 bits per heavy atom. The van der Waals surface area contributed by atoms with Crippen LogP contribution >= 0.6 is 15.9 Å². The van der Waals surface area contributed by atoms with E-state index in [-0.39, 0.29) is 11.8 Å². The van der Waals surface area contributed by atoms with Gasteiger partial charge in [-0.25, -0.2) is 14.2 Å². The van der Waals surface area contributed by atoms with Gasteiger partial charge in [0.15, 0.2) is 0 Å². The highest BCUT2D eigenvalue weighted by Crippen LogP contribution is 2.12. The number of nitrogens with one attached hydrogen (secondary N) is 2. The number of aromatic nitrogens is 2. The second-order valence-electron chi connectivity index (χ2n) is 5.33. The van der Waals surface area contributed by atoms with Crippen molar-refractivity contribution in [2.45, 2.75) is 13.0 Å². The van der Waals surface area contributed by atoms with E-state index >= 15 is 0 Å². The molecule has 124 valence electrons. The van der Waals surface area contributed by atoms with Crippen molar-refractivity contribution < 1.29 is 9.18 Å². The summed E-state index contributed by atoms with van der Waals surface area (Å²) in [7, 11) is 0. The van der Waals surface area contributed by atoms with Crippen LogP contribution in [0, 0.1) is 5.82 Å². The molecule has 0 saturated carbocycles. The van der Waals surface area contributed by atoms with Gasteiger partial charge in [0.05, 0.1) is 12.2 Å². The van der Waals surface area contributed by atoms with Crippen LogP contribution in [0.2, 0.25) is 0 Å². The standard InChI is InChI=1S/C17H16BrFN4O/c18-13-4-5-16-22-15(11-23(16)10-13)9-21-17(24)20-7-6-12-2-1-3-14(19)8-12/h1-5,8,10-11H,6-7,9H2,(H2,20,21,24). The van der Waals surface area contributed by atoms with E-state index in [2.05, 4.69) is 31.5 Å². The maximum Gasteiger partial charge on any atom is 0.315 e. The third-order valence-electron chi connectivity index (χ3n) is 3.48. The summed E-state index contributed by atoms with van der Waals surface area (Å²) in [5.74, 6) is -0.268. The maximum atomic E-state index is 13.1. The summed E-state index contributed by atoms with van der Waals surface area (Å²) in [6.07, 6.45) is 4.35. The van der Waals surface area contributed by atoms with Gasteiger partial charge in [0.1, 0.15) is 11.5 Å². The summed E-state index contributed by atoms with van der Waals surface area (Å²) < 4.78 is 15.9. The minimum atomic E-state index is -0.273. The molecule has 2 amide bonds. The van der Waals surface area contributed by atoms with E-state index < -0.39 is 0 Å². The number of carbonyl (C=O) groups excluding carboxylic acids is 1. The third-order valence-corrected chi connectivity index (χ3v) is 3.95. The molecule has 0 bridgehead atoms. The molecule has 2 heterocycles. The van der Waals surface area contributed by atoms with E-state index in [0.717, 1.165) is 21.4 Å². The molecule has 3 aromatic rings. The van der Waals surface area contributed by atoms with E-state index in [1.807, 2.05) is 35.0 Å². The monoisotopic (exact) mass is 390 g/mol. The first-order valence-corrected chi connectivity index (χ1v) is 8.29. The zero-order valence-electron chi connectivity index (χ0n) is 12.8. The second kappa shape index (κ2) is 7.44. The third kappa shape index (κ3) is 4.32. The topological polar surface area (TPSA) is 58.4 Å². The molecule has 2 aromatic heterocycles. The zero-order chi connectivity index (χ0) is 16.9. The summed E-state index contributed by atoms with van der Waals surface area (Å²) in [6, 6.07) is 9.89. The number of imidazole rings is 1. The number of hydrogen-bond acceptors (Lipinski definition) is 2. The highest BCUT2D eigenvalue weighted by atomic mass is 79.9. The van der Waals surface area contributed by atoms with Crippen LogP contribution in [0.1, 0.15) is 11.3 Å². The molecular formula is C17H16BrFN4O. The summed E-state index contributed by atoms with van der Waals surface area (Å²) in [6.45, 7) is 0.776. The largest absolute Gasteiger partial charge is 0.338 e. The van der Waals surface area contributed by atoms with E-state index in [4.69, 9.17) is 0 Å². The fraction of sp³-hybridized carbons (Fsp3) is 0.176. The quantitative estimate of drug-likeness (QED) is 0.702. The molecule has 0 atom stereocenters. The van der Waals surface area contributed by atoms with Crippen molar-refractivity contribution in [2.24, 2.45) is 0 Å². The predicted octanol–water partition coefficient (Wildman–Crippen LogP) is 3.28. The lowest BCUT2D eigenvalue weighted by Crippen LogP contribution is -2.36. The molecule has 24 heavy (non-hydrogen) atoms. The second-order valence-corrected chi connectivity index (χ2v) is 6.25. The molecule has 5 nitrogen and oxygen atoms in total. The lowest BCUT2D eigenvalue weighted by molar-refractivity contribution is 0.240. The van der Waals surface area contributed by atoms with Gasteiger partial charge in [-0.15, -0.1) is 0 Å². The maximum absolute atomic E-state index is 13.1. The summed E-state index contributed by atoms with van der Waals surface area (Å²) in [4.78, 5) is 16.2. The molecule has 0 aliphatic heterocycles. The van der Waals surface area contributed by atoms with Crippen molar-refractivity contribution >= 4 is 27.6 Å². The molecule has 0 fully saturated rings. The first kappa shape index (κ1) is 16.4. The van der Waals surface area contributed by atoms with Crippen molar-refractivity contribution in [3.63, 3.8) is 0 Å². The minimum absolute atomic E-state index is 0.268. The van der Waals surface area contributed by atoms with Crippen molar-refractivity contribution in [1.29, 1.82) is 0 Å². The first-order valence-electron chi connectivity index (χ1n) is 7.49. The number of rotatable bonds is 5. The van der Waals surface area contributed by atoms with Gasteiger partial charge in [0, 0.05) is 23.4 Å². The number of fused-ring (bicyclic) bond motifs is 1. The van der Waals surface area contributed by atoms with Crippen LogP contribution in [-0.2, 0) is 13.0 Å². The van der Waals surface area contributed by atoms with Gasteiger partial charge >= 0.3 is 6.03 Å². The van der Waals surface area contributed by atoms with Gasteiger partial charge in [0.25, 0.3) is 0 Å². The van der Waals surface area contributed by atoms with Crippen molar-refractivity contribution in [3.05, 3.63) is 70.3 Å². The van der Waals surface area contributed by atoms with Crippen LogP contribution in [-0.4, -0.2) is 22.0 Å². The summed E-state index contributed by atoms with van der Waals surface area (Å²) in [5, 5.41) is 5.51. The van der Waals surface area contributed by atoms with E-state index in [1.165, 1.54) is 12.1 Å². The lowest BCUT2D eigenvalue weighted by atomic mass is 10.1. The van der Waals surface area contributed by atoms with Gasteiger partial charge in [-0.1, -0.05) is 12.1 Å². The van der Waals surface area contributed by atoms with Gasteiger partial charge < -0.3 is 15.0 Å². The number of amides is 2. The Morgan fingerprint density at radius 1 is 1.21 bits per heavy atom. The fourth-order valence-corrected chi connectivity index (χ4v) is 2.70. The predicted molar refractivity (Wildman–Crippen MR) is 93.2 cm³/mol. The Balaban J connectivity index is 1.46. The summed E-state index contributed by atoms with van der Waals surface area (Å²) in [5.41, 5.74) is 2.44. The van der Waals surface area contributed by atoms with Gasteiger partial charge in [-0.05, 0) is 52.2 Å². The van der Waals surface area contributed by atoms with Gasteiger partial charge in [-0.3, -0.25) is 0 Å². The van der Waals surface area contributed by atoms with E-state index in [1.54, 1.807) is 6.07 Å². The number of hydrogen-bond donors (Lipinski definition) is 2. The van der Waals surface area contributed by atoms with Crippen molar-refractivity contribution in [3.8, 4) is 0 Å². The highest BCUT2D eigenvalue weighted by Gasteiger charge is 2.05. The number of pyridine rings is 1. The summed E-state index contributed by atoms with van der Waals surface area (Å²) >= 11 is 3.40. The van der Waals surface area contributed by atoms with Crippen molar-refractivity contribution in [1.82, 2.24) is 20.0 Å². The van der Waals surface area contributed by atoms with Gasteiger partial charge in [-0.2, -0.15) is 0 Å². The minimum Gasteiger partial charge on any atom is -0.338 e. The molecule has 7 heteroatoms. The highest BCUT2D eigenvalue weighted by molar-refractivity contribution is 9.10. The number of urea groups is 1. The molecule has 0 spiro atoms. The van der Waals surface area contributed by atoms with Crippen LogP contribution in [0.15, 0.2) is 53.3 Å². The van der Waals surface area contributed by atoms with E-state index in [9.17, 15) is 9.18 Å².